The molecular weight excluding hydrogens is 419 g/mol. The molecule has 3 rings (SSSR count). The Morgan fingerprint density at radius 3 is 2.55 bits per heavy atom. The first-order valence-electron chi connectivity index (χ1n) is 10.2. The van der Waals surface area contributed by atoms with E-state index in [9.17, 15) is 18.8 Å². The predicted octanol–water partition coefficient (Wildman–Crippen LogP) is 2.02. The molecule has 1 fully saturated rings. The fraction of sp³-hybridized carbons (Fsp3) is 0.455. The van der Waals surface area contributed by atoms with E-state index in [2.05, 4.69) is 4.98 Å². The fourth-order valence-corrected chi connectivity index (χ4v) is 4.72. The van der Waals surface area contributed by atoms with E-state index in [-0.39, 0.29) is 35.5 Å². The van der Waals surface area contributed by atoms with E-state index >= 15 is 0 Å². The zero-order chi connectivity index (χ0) is 22.7. The summed E-state index contributed by atoms with van der Waals surface area (Å²) in [6, 6.07) is 6.36. The van der Waals surface area contributed by atoms with Crippen LogP contribution in [0.5, 0.6) is 0 Å². The van der Waals surface area contributed by atoms with Crippen molar-refractivity contribution in [1.29, 1.82) is 0 Å². The van der Waals surface area contributed by atoms with Gasteiger partial charge in [-0.05, 0) is 38.3 Å². The third-order valence-corrected chi connectivity index (χ3v) is 6.84. The average Bonchev–Trinajstić information content (AvgIpc) is 2.75. The van der Waals surface area contributed by atoms with E-state index < -0.39 is 5.25 Å². The summed E-state index contributed by atoms with van der Waals surface area (Å²) >= 11 is 1.22. The molecule has 1 aliphatic rings. The molecule has 2 heterocycles. The van der Waals surface area contributed by atoms with Gasteiger partial charge in [-0.25, -0.2) is 9.37 Å². The molecule has 31 heavy (non-hydrogen) atoms. The number of carbonyl (C=O) groups is 2. The van der Waals surface area contributed by atoms with Gasteiger partial charge >= 0.3 is 0 Å². The highest BCUT2D eigenvalue weighted by Crippen LogP contribution is 2.25. The van der Waals surface area contributed by atoms with Crippen molar-refractivity contribution in [2.45, 2.75) is 43.5 Å². The summed E-state index contributed by atoms with van der Waals surface area (Å²) in [5.41, 5.74) is 6.50. The largest absolute Gasteiger partial charge is 0.369 e. The molecule has 2 amide bonds. The number of thioether (sulfide) groups is 1. The topological polar surface area (TPSA) is 98.3 Å². The average molecular weight is 447 g/mol. The Balaban J connectivity index is 1.73. The van der Waals surface area contributed by atoms with Crippen LogP contribution in [-0.2, 0) is 23.1 Å². The Morgan fingerprint density at radius 2 is 1.94 bits per heavy atom. The number of halogens is 1. The maximum atomic E-state index is 14.0. The number of carbonyl (C=O) groups excluding carboxylic acids is 2. The number of nitrogens with zero attached hydrogens (tertiary/aromatic N) is 3. The molecule has 1 aromatic carbocycles. The third kappa shape index (κ3) is 5.15. The van der Waals surface area contributed by atoms with E-state index in [4.69, 9.17) is 5.73 Å². The monoisotopic (exact) mass is 446 g/mol. The number of piperidine rings is 1. The summed E-state index contributed by atoms with van der Waals surface area (Å²) in [7, 11) is 1.61. The molecule has 0 radical (unpaired) electrons. The maximum Gasteiger partial charge on any atom is 0.257 e. The molecule has 1 atom stereocenters. The summed E-state index contributed by atoms with van der Waals surface area (Å²) in [6.45, 7) is 4.49. The van der Waals surface area contributed by atoms with Crippen molar-refractivity contribution in [2.75, 3.05) is 13.1 Å². The van der Waals surface area contributed by atoms with Crippen molar-refractivity contribution in [3.63, 3.8) is 0 Å². The molecule has 2 aromatic rings. The van der Waals surface area contributed by atoms with Crippen molar-refractivity contribution in [3.8, 4) is 0 Å². The van der Waals surface area contributed by atoms with Crippen LogP contribution >= 0.6 is 11.8 Å². The van der Waals surface area contributed by atoms with Crippen LogP contribution in [0, 0.1) is 18.7 Å². The molecule has 1 aromatic heterocycles. The van der Waals surface area contributed by atoms with Gasteiger partial charge in [0, 0.05) is 43.7 Å². The number of hydrogen-bond acceptors (Lipinski definition) is 5. The van der Waals surface area contributed by atoms with Gasteiger partial charge < -0.3 is 10.6 Å². The van der Waals surface area contributed by atoms with E-state index in [0.29, 0.717) is 47.9 Å². The Bertz CT molecular complexity index is 1050. The quantitative estimate of drug-likeness (QED) is 0.541. The first-order chi connectivity index (χ1) is 14.7. The van der Waals surface area contributed by atoms with Gasteiger partial charge in [-0.15, -0.1) is 0 Å². The van der Waals surface area contributed by atoms with Crippen LogP contribution in [0.25, 0.3) is 0 Å². The van der Waals surface area contributed by atoms with E-state index in [0.717, 1.165) is 0 Å². The van der Waals surface area contributed by atoms with Crippen LogP contribution in [0.3, 0.4) is 0 Å². The number of benzene rings is 1. The van der Waals surface area contributed by atoms with Gasteiger partial charge in [-0.3, -0.25) is 19.0 Å². The Hall–Kier alpha value is -2.68. The number of aryl methyl sites for hydroxylation is 1. The Kier molecular flexibility index (Phi) is 7.15. The molecule has 0 saturated carbocycles. The second kappa shape index (κ2) is 9.64. The Morgan fingerprint density at radius 1 is 1.29 bits per heavy atom. The van der Waals surface area contributed by atoms with Gasteiger partial charge in [0.05, 0.1) is 5.25 Å². The number of aromatic nitrogens is 2. The number of nitrogens with two attached hydrogens (primary N) is 1. The zero-order valence-electron chi connectivity index (χ0n) is 17.9. The van der Waals surface area contributed by atoms with Gasteiger partial charge in [0.2, 0.25) is 11.8 Å². The summed E-state index contributed by atoms with van der Waals surface area (Å²) in [5, 5.41) is -0.00676. The molecule has 9 heteroatoms. The SMILES string of the molecule is Cc1nc(SC(C)C(=O)N2CCC(C(N)=O)CC2)n(C)c(=O)c1Cc1ccccc1F. The van der Waals surface area contributed by atoms with Gasteiger partial charge in [0.15, 0.2) is 5.16 Å². The number of likely N-dealkylation sites (tertiary alicyclic amines) is 1. The van der Waals surface area contributed by atoms with E-state index in [1.807, 2.05) is 0 Å². The van der Waals surface area contributed by atoms with Gasteiger partial charge in [-0.1, -0.05) is 30.0 Å². The minimum atomic E-state index is -0.444. The lowest BCUT2D eigenvalue weighted by molar-refractivity contribution is -0.134. The molecule has 0 aliphatic carbocycles. The summed E-state index contributed by atoms with van der Waals surface area (Å²) in [4.78, 5) is 43.4. The van der Waals surface area contributed by atoms with Crippen LogP contribution in [0.4, 0.5) is 4.39 Å². The second-order valence-electron chi connectivity index (χ2n) is 7.85. The van der Waals surface area contributed by atoms with Crippen LogP contribution in [0.2, 0.25) is 0 Å². The fourth-order valence-electron chi connectivity index (χ4n) is 3.72. The number of hydrogen-bond donors (Lipinski definition) is 1. The molecule has 0 bridgehead atoms. The number of rotatable bonds is 6. The molecule has 1 saturated heterocycles. The van der Waals surface area contributed by atoms with Crippen LogP contribution in [-0.4, -0.2) is 44.6 Å². The highest BCUT2D eigenvalue weighted by atomic mass is 32.2. The summed E-state index contributed by atoms with van der Waals surface area (Å²) in [6.07, 6.45) is 1.30. The highest BCUT2D eigenvalue weighted by Gasteiger charge is 2.29. The minimum Gasteiger partial charge on any atom is -0.369 e. The molecular formula is C22H27FN4O3S. The smallest absolute Gasteiger partial charge is 0.257 e. The molecule has 2 N–H and O–H groups in total. The van der Waals surface area contributed by atoms with Crippen molar-refractivity contribution < 1.29 is 14.0 Å². The van der Waals surface area contributed by atoms with Crippen LogP contribution in [0.15, 0.2) is 34.2 Å². The van der Waals surface area contributed by atoms with Crippen LogP contribution in [0.1, 0.15) is 36.6 Å². The van der Waals surface area contributed by atoms with Crippen molar-refractivity contribution in [1.82, 2.24) is 14.5 Å². The van der Waals surface area contributed by atoms with E-state index in [1.165, 1.54) is 22.4 Å². The number of primary amides is 1. The normalized spacial score (nSPS) is 15.7. The highest BCUT2D eigenvalue weighted by molar-refractivity contribution is 8.00. The molecule has 0 spiro atoms. The van der Waals surface area contributed by atoms with Crippen molar-refractivity contribution in [2.24, 2.45) is 18.7 Å². The number of amides is 2. The maximum absolute atomic E-state index is 14.0. The molecule has 1 unspecified atom stereocenters. The third-order valence-electron chi connectivity index (χ3n) is 5.71. The first-order valence-corrected chi connectivity index (χ1v) is 11.1. The van der Waals surface area contributed by atoms with Gasteiger partial charge in [0.1, 0.15) is 5.82 Å². The molecule has 166 valence electrons. The van der Waals surface area contributed by atoms with Crippen LogP contribution < -0.4 is 11.3 Å². The molecule has 1 aliphatic heterocycles. The van der Waals surface area contributed by atoms with Crippen molar-refractivity contribution >= 4 is 23.6 Å². The first kappa shape index (κ1) is 23.0. The van der Waals surface area contributed by atoms with Crippen molar-refractivity contribution in [3.05, 3.63) is 57.3 Å². The zero-order valence-corrected chi connectivity index (χ0v) is 18.7. The van der Waals surface area contributed by atoms with E-state index in [1.54, 1.807) is 44.0 Å². The van der Waals surface area contributed by atoms with Gasteiger partial charge in [0.25, 0.3) is 5.56 Å². The lowest BCUT2D eigenvalue weighted by Gasteiger charge is -2.32. The Labute approximate surface area is 184 Å². The molecule has 7 nitrogen and oxygen atoms in total. The second-order valence-corrected chi connectivity index (χ2v) is 9.16. The van der Waals surface area contributed by atoms with Gasteiger partial charge in [-0.2, -0.15) is 0 Å². The summed E-state index contributed by atoms with van der Waals surface area (Å²) in [5.74, 6) is -0.921. The predicted molar refractivity (Wildman–Crippen MR) is 117 cm³/mol. The lowest BCUT2D eigenvalue weighted by atomic mass is 9.96. The minimum absolute atomic E-state index is 0.0599. The standard InChI is InChI=1S/C22H27FN4O3S/c1-13-17(12-16-6-4-5-7-18(16)23)21(30)26(3)22(25-13)31-14(2)20(29)27-10-8-15(9-11-27)19(24)28/h4-7,14-15H,8-12H2,1-3H3,(H2,24,28). The lowest BCUT2D eigenvalue weighted by Crippen LogP contribution is -2.44. The summed E-state index contributed by atoms with van der Waals surface area (Å²) < 4.78 is 15.4.